The summed E-state index contributed by atoms with van der Waals surface area (Å²) in [5.74, 6) is 1.82. The number of hydrogen-bond acceptors (Lipinski definition) is 5. The number of nitrogens with one attached hydrogen (secondary N) is 1. The number of aromatic nitrogens is 2. The van der Waals surface area contributed by atoms with E-state index in [-0.39, 0.29) is 0 Å². The van der Waals surface area contributed by atoms with Crippen LogP contribution in [0.3, 0.4) is 0 Å². The van der Waals surface area contributed by atoms with Gasteiger partial charge in [0.05, 0.1) is 19.3 Å². The van der Waals surface area contributed by atoms with Gasteiger partial charge in [-0.3, -0.25) is 4.90 Å². The highest BCUT2D eigenvalue weighted by Crippen LogP contribution is 2.30. The van der Waals surface area contributed by atoms with Crippen LogP contribution in [0.4, 0.5) is 5.82 Å². The van der Waals surface area contributed by atoms with Gasteiger partial charge in [-0.05, 0) is 26.2 Å². The van der Waals surface area contributed by atoms with Crippen LogP contribution in [-0.2, 0) is 11.3 Å². The molecule has 19 heavy (non-hydrogen) atoms. The van der Waals surface area contributed by atoms with Crippen molar-refractivity contribution in [3.63, 3.8) is 0 Å². The molecule has 1 saturated heterocycles. The molecule has 5 heteroatoms. The van der Waals surface area contributed by atoms with Crippen molar-refractivity contribution < 1.29 is 4.74 Å². The van der Waals surface area contributed by atoms with Gasteiger partial charge in [-0.25, -0.2) is 9.97 Å². The molecule has 2 unspecified atom stereocenters. The van der Waals surface area contributed by atoms with Gasteiger partial charge in [0.1, 0.15) is 11.6 Å². The molecule has 3 rings (SSSR count). The first-order valence-electron chi connectivity index (χ1n) is 7.14. The van der Waals surface area contributed by atoms with Crippen molar-refractivity contribution >= 4 is 5.82 Å². The van der Waals surface area contributed by atoms with Crippen LogP contribution in [-0.4, -0.2) is 47.2 Å². The Kier molecular flexibility index (Phi) is 3.66. The third-order valence-corrected chi connectivity index (χ3v) is 4.10. The first kappa shape index (κ1) is 12.8. The number of rotatable bonds is 3. The van der Waals surface area contributed by atoms with Crippen LogP contribution < -0.4 is 5.32 Å². The second kappa shape index (κ2) is 5.43. The molecule has 2 heterocycles. The van der Waals surface area contributed by atoms with E-state index in [1.165, 1.54) is 19.3 Å². The molecule has 0 spiro atoms. The highest BCUT2D eigenvalue weighted by molar-refractivity contribution is 5.34. The predicted octanol–water partition coefficient (Wildman–Crippen LogP) is 1.58. The van der Waals surface area contributed by atoms with Crippen LogP contribution in [0.5, 0.6) is 0 Å². The van der Waals surface area contributed by atoms with Crippen molar-refractivity contribution in [3.8, 4) is 0 Å². The van der Waals surface area contributed by atoms with Crippen molar-refractivity contribution in [1.82, 2.24) is 14.9 Å². The summed E-state index contributed by atoms with van der Waals surface area (Å²) in [6.07, 6.45) is 4.16. The minimum Gasteiger partial charge on any atom is -0.375 e. The maximum absolute atomic E-state index is 5.84. The van der Waals surface area contributed by atoms with Crippen LogP contribution in [0.2, 0.25) is 0 Å². The molecule has 104 valence electrons. The molecule has 0 aromatic carbocycles. The van der Waals surface area contributed by atoms with E-state index in [0.29, 0.717) is 12.1 Å². The smallest absolute Gasteiger partial charge is 0.144 e. The molecule has 2 fully saturated rings. The summed E-state index contributed by atoms with van der Waals surface area (Å²) in [6.45, 7) is 4.68. The summed E-state index contributed by atoms with van der Waals surface area (Å²) < 4.78 is 5.84. The van der Waals surface area contributed by atoms with E-state index in [1.54, 1.807) is 0 Å². The van der Waals surface area contributed by atoms with Crippen molar-refractivity contribution in [2.75, 3.05) is 25.5 Å². The lowest BCUT2D eigenvalue weighted by Gasteiger charge is -2.37. The van der Waals surface area contributed by atoms with E-state index < -0.39 is 0 Å². The Morgan fingerprint density at radius 2 is 2.32 bits per heavy atom. The predicted molar refractivity (Wildman–Crippen MR) is 74.1 cm³/mol. The van der Waals surface area contributed by atoms with Gasteiger partial charge < -0.3 is 10.1 Å². The minimum atomic E-state index is 0.433. The van der Waals surface area contributed by atoms with E-state index in [1.807, 2.05) is 20.0 Å². The minimum absolute atomic E-state index is 0.433. The van der Waals surface area contributed by atoms with E-state index in [2.05, 4.69) is 20.2 Å². The molecule has 2 atom stereocenters. The van der Waals surface area contributed by atoms with Crippen molar-refractivity contribution in [3.05, 3.63) is 17.6 Å². The van der Waals surface area contributed by atoms with Gasteiger partial charge in [0, 0.05) is 31.4 Å². The van der Waals surface area contributed by atoms with Gasteiger partial charge in [-0.1, -0.05) is 0 Å². The topological polar surface area (TPSA) is 50.3 Å². The van der Waals surface area contributed by atoms with Crippen LogP contribution >= 0.6 is 0 Å². The number of nitrogens with zero attached hydrogens (tertiary/aromatic N) is 3. The summed E-state index contributed by atoms with van der Waals surface area (Å²) in [5, 5.41) is 3.10. The fourth-order valence-electron chi connectivity index (χ4n) is 3.21. The molecule has 1 aliphatic heterocycles. The molecular weight excluding hydrogens is 240 g/mol. The average Bonchev–Trinajstić information content (AvgIpc) is 2.87. The SMILES string of the molecule is CNc1cc(C)nc(CN2CCOC3CCCC32)n1. The second-order valence-electron chi connectivity index (χ2n) is 5.44. The van der Waals surface area contributed by atoms with Gasteiger partial charge in [0.2, 0.25) is 0 Å². The molecular formula is C14H22N4O. The van der Waals surface area contributed by atoms with Gasteiger partial charge in [0.25, 0.3) is 0 Å². The van der Waals surface area contributed by atoms with Crippen molar-refractivity contribution in [2.45, 2.75) is 44.9 Å². The Bertz CT molecular complexity index is 451. The summed E-state index contributed by atoms with van der Waals surface area (Å²) in [6, 6.07) is 2.54. The van der Waals surface area contributed by atoms with E-state index in [0.717, 1.165) is 37.0 Å². The molecule has 0 bridgehead atoms. The van der Waals surface area contributed by atoms with Gasteiger partial charge >= 0.3 is 0 Å². The number of fused-ring (bicyclic) bond motifs is 1. The monoisotopic (exact) mass is 262 g/mol. The number of hydrogen-bond donors (Lipinski definition) is 1. The third-order valence-electron chi connectivity index (χ3n) is 4.10. The first-order valence-corrected chi connectivity index (χ1v) is 7.14. The van der Waals surface area contributed by atoms with E-state index in [4.69, 9.17) is 4.74 Å². The largest absolute Gasteiger partial charge is 0.375 e. The molecule has 5 nitrogen and oxygen atoms in total. The molecule has 1 aromatic rings. The normalized spacial score (nSPS) is 27.3. The number of morpholine rings is 1. The highest BCUT2D eigenvalue weighted by Gasteiger charge is 2.36. The Morgan fingerprint density at radius 1 is 1.42 bits per heavy atom. The number of ether oxygens (including phenoxy) is 1. The van der Waals surface area contributed by atoms with Gasteiger partial charge in [0.15, 0.2) is 0 Å². The maximum Gasteiger partial charge on any atom is 0.144 e. The zero-order valence-electron chi connectivity index (χ0n) is 11.7. The number of anilines is 1. The lowest BCUT2D eigenvalue weighted by atomic mass is 10.1. The zero-order chi connectivity index (χ0) is 13.2. The molecule has 1 saturated carbocycles. The number of aryl methyl sites for hydroxylation is 1. The first-order chi connectivity index (χ1) is 9.26. The Labute approximate surface area is 114 Å². The summed E-state index contributed by atoms with van der Waals surface area (Å²) in [7, 11) is 1.90. The highest BCUT2D eigenvalue weighted by atomic mass is 16.5. The quantitative estimate of drug-likeness (QED) is 0.896. The van der Waals surface area contributed by atoms with Crippen LogP contribution in [0.15, 0.2) is 6.07 Å². The van der Waals surface area contributed by atoms with E-state index in [9.17, 15) is 0 Å². The van der Waals surface area contributed by atoms with E-state index >= 15 is 0 Å². The van der Waals surface area contributed by atoms with Crippen molar-refractivity contribution in [1.29, 1.82) is 0 Å². The van der Waals surface area contributed by atoms with Gasteiger partial charge in [-0.2, -0.15) is 0 Å². The molecule has 0 radical (unpaired) electrons. The maximum atomic E-state index is 5.84. The third kappa shape index (κ3) is 2.72. The van der Waals surface area contributed by atoms with Crippen molar-refractivity contribution in [2.24, 2.45) is 0 Å². The summed E-state index contributed by atoms with van der Waals surface area (Å²) >= 11 is 0. The van der Waals surface area contributed by atoms with Crippen LogP contribution in [0, 0.1) is 6.92 Å². The molecule has 0 amide bonds. The summed E-state index contributed by atoms with van der Waals surface area (Å²) in [4.78, 5) is 11.6. The fraction of sp³-hybridized carbons (Fsp3) is 0.714. The molecule has 2 aliphatic rings. The lowest BCUT2D eigenvalue weighted by Crippen LogP contribution is -2.48. The Morgan fingerprint density at radius 3 is 3.16 bits per heavy atom. The second-order valence-corrected chi connectivity index (χ2v) is 5.44. The zero-order valence-corrected chi connectivity index (χ0v) is 11.7. The fourth-order valence-corrected chi connectivity index (χ4v) is 3.21. The van der Waals surface area contributed by atoms with Gasteiger partial charge in [-0.15, -0.1) is 0 Å². The lowest BCUT2D eigenvalue weighted by molar-refractivity contribution is -0.0596. The average molecular weight is 262 g/mol. The molecule has 1 aliphatic carbocycles. The molecule has 1 N–H and O–H groups in total. The standard InChI is InChI=1S/C14H22N4O/c1-10-8-13(15-2)17-14(16-10)9-18-6-7-19-12-5-3-4-11(12)18/h8,11-12H,3-7,9H2,1-2H3,(H,15,16,17). The van der Waals surface area contributed by atoms with Crippen LogP contribution in [0.1, 0.15) is 30.8 Å². The summed E-state index contributed by atoms with van der Waals surface area (Å²) in [5.41, 5.74) is 1.02. The Balaban J connectivity index is 1.75. The van der Waals surface area contributed by atoms with Crippen LogP contribution in [0.25, 0.3) is 0 Å². The molecule has 1 aromatic heterocycles. The Hall–Kier alpha value is -1.20.